The van der Waals surface area contributed by atoms with Crippen LogP contribution in [0.15, 0.2) is 47.0 Å². The summed E-state index contributed by atoms with van der Waals surface area (Å²) in [4.78, 5) is 14.0. The molecule has 6 rings (SSSR count). The molecule has 0 aliphatic heterocycles. The van der Waals surface area contributed by atoms with Crippen molar-refractivity contribution in [1.82, 2.24) is 19.5 Å². The lowest BCUT2D eigenvalue weighted by molar-refractivity contribution is 0.278. The highest BCUT2D eigenvalue weighted by molar-refractivity contribution is 5.74. The molecule has 2 saturated carbocycles. The zero-order chi connectivity index (χ0) is 17.1. The summed E-state index contributed by atoms with van der Waals surface area (Å²) in [7, 11) is 0. The molecule has 6 heteroatoms. The van der Waals surface area contributed by atoms with E-state index in [1.165, 1.54) is 18.7 Å². The van der Waals surface area contributed by atoms with E-state index in [1.54, 1.807) is 0 Å². The van der Waals surface area contributed by atoms with Gasteiger partial charge < -0.3 is 14.3 Å². The number of oxazole rings is 1. The highest BCUT2D eigenvalue weighted by Gasteiger charge is 2.38. The molecule has 2 fully saturated rings. The van der Waals surface area contributed by atoms with Crippen LogP contribution < -0.4 is 5.32 Å². The molecule has 1 N–H and O–H groups in total. The Morgan fingerprint density at radius 3 is 2.69 bits per heavy atom. The maximum absolute atomic E-state index is 5.79. The Kier molecular flexibility index (Phi) is 2.92. The average molecular weight is 345 g/mol. The Balaban J connectivity index is 1.24. The van der Waals surface area contributed by atoms with Crippen molar-refractivity contribution in [3.05, 3.63) is 48.4 Å². The molecule has 3 aromatic heterocycles. The summed E-state index contributed by atoms with van der Waals surface area (Å²) in [5.74, 6) is 1.84. The number of nitrogens with zero attached hydrogens (tertiary/aromatic N) is 4. The van der Waals surface area contributed by atoms with Gasteiger partial charge in [0.2, 0.25) is 0 Å². The Labute approximate surface area is 150 Å². The SMILES string of the molecule is c1ccc2oc(NC3CC(n4c(C5CC5)nc5cccnc54)C3)nc2c1. The summed E-state index contributed by atoms with van der Waals surface area (Å²) in [6, 6.07) is 13.3. The van der Waals surface area contributed by atoms with Crippen LogP contribution in [0.2, 0.25) is 0 Å². The van der Waals surface area contributed by atoms with E-state index in [-0.39, 0.29) is 0 Å². The number of pyridine rings is 1. The maximum Gasteiger partial charge on any atom is 0.295 e. The summed E-state index contributed by atoms with van der Waals surface area (Å²) >= 11 is 0. The van der Waals surface area contributed by atoms with Gasteiger partial charge >= 0.3 is 0 Å². The fourth-order valence-corrected chi connectivity index (χ4v) is 3.96. The Bertz CT molecular complexity index is 1070. The first-order valence-corrected chi connectivity index (χ1v) is 9.30. The van der Waals surface area contributed by atoms with Gasteiger partial charge in [0.25, 0.3) is 6.01 Å². The van der Waals surface area contributed by atoms with E-state index < -0.39 is 0 Å². The molecule has 0 atom stereocenters. The van der Waals surface area contributed by atoms with E-state index in [0.29, 0.717) is 24.0 Å². The van der Waals surface area contributed by atoms with Crippen molar-refractivity contribution in [2.45, 2.75) is 43.7 Å². The molecule has 0 unspecified atom stereocenters. The van der Waals surface area contributed by atoms with E-state index in [2.05, 4.69) is 25.9 Å². The molecule has 0 spiro atoms. The summed E-state index contributed by atoms with van der Waals surface area (Å²) in [6.07, 6.45) is 6.45. The Hall–Kier alpha value is -2.89. The summed E-state index contributed by atoms with van der Waals surface area (Å²) in [5.41, 5.74) is 3.77. The Morgan fingerprint density at radius 1 is 1.00 bits per heavy atom. The monoisotopic (exact) mass is 345 g/mol. The minimum Gasteiger partial charge on any atom is -0.424 e. The molecule has 3 heterocycles. The second-order valence-corrected chi connectivity index (χ2v) is 7.41. The standard InChI is InChI=1S/C20H19N5O/c1-2-6-17-15(4-1)24-20(26-17)22-13-10-14(11-13)25-18(12-7-8-12)23-16-5-3-9-21-19(16)25/h1-6,9,12-14H,7-8,10-11H2,(H,22,24). The van der Waals surface area contributed by atoms with Crippen LogP contribution in [-0.2, 0) is 0 Å². The summed E-state index contributed by atoms with van der Waals surface area (Å²) < 4.78 is 8.17. The van der Waals surface area contributed by atoms with Crippen molar-refractivity contribution in [2.75, 3.05) is 5.32 Å². The maximum atomic E-state index is 5.79. The zero-order valence-corrected chi connectivity index (χ0v) is 14.3. The van der Waals surface area contributed by atoms with Crippen LogP contribution in [0.4, 0.5) is 6.01 Å². The van der Waals surface area contributed by atoms with Crippen molar-refractivity contribution in [3.8, 4) is 0 Å². The number of fused-ring (bicyclic) bond motifs is 2. The number of anilines is 1. The van der Waals surface area contributed by atoms with E-state index in [0.717, 1.165) is 35.1 Å². The quantitative estimate of drug-likeness (QED) is 0.598. The van der Waals surface area contributed by atoms with E-state index in [9.17, 15) is 0 Å². The highest BCUT2D eigenvalue weighted by atomic mass is 16.4. The van der Waals surface area contributed by atoms with E-state index in [4.69, 9.17) is 9.40 Å². The molecule has 0 saturated heterocycles. The van der Waals surface area contributed by atoms with Crippen molar-refractivity contribution in [3.63, 3.8) is 0 Å². The van der Waals surface area contributed by atoms with Gasteiger partial charge in [0.15, 0.2) is 11.2 Å². The average Bonchev–Trinajstić information content (AvgIpc) is 3.28. The normalized spacial score (nSPS) is 22.6. The number of para-hydroxylation sites is 2. The van der Waals surface area contributed by atoms with Gasteiger partial charge in [0, 0.05) is 24.2 Å². The smallest absolute Gasteiger partial charge is 0.295 e. The van der Waals surface area contributed by atoms with Gasteiger partial charge in [0.05, 0.1) is 0 Å². The first-order valence-electron chi connectivity index (χ1n) is 9.30. The van der Waals surface area contributed by atoms with Crippen LogP contribution in [0.3, 0.4) is 0 Å². The third-order valence-corrected chi connectivity index (χ3v) is 5.52. The number of benzene rings is 1. The molecule has 0 bridgehead atoms. The van der Waals surface area contributed by atoms with Crippen LogP contribution in [-0.4, -0.2) is 25.6 Å². The number of aromatic nitrogens is 4. The van der Waals surface area contributed by atoms with Crippen molar-refractivity contribution < 1.29 is 4.42 Å². The van der Waals surface area contributed by atoms with Crippen LogP contribution in [0, 0.1) is 0 Å². The fourth-order valence-electron chi connectivity index (χ4n) is 3.96. The number of imidazole rings is 1. The number of hydrogen-bond acceptors (Lipinski definition) is 5. The third kappa shape index (κ3) is 2.21. The van der Waals surface area contributed by atoms with Gasteiger partial charge in [-0.15, -0.1) is 0 Å². The number of rotatable bonds is 4. The van der Waals surface area contributed by atoms with Gasteiger partial charge in [-0.2, -0.15) is 4.98 Å². The van der Waals surface area contributed by atoms with Gasteiger partial charge in [-0.05, 0) is 49.9 Å². The summed E-state index contributed by atoms with van der Waals surface area (Å²) in [6.45, 7) is 0. The third-order valence-electron chi connectivity index (χ3n) is 5.52. The predicted octanol–water partition coefficient (Wildman–Crippen LogP) is 4.27. The largest absolute Gasteiger partial charge is 0.424 e. The van der Waals surface area contributed by atoms with Crippen LogP contribution >= 0.6 is 0 Å². The molecule has 0 radical (unpaired) electrons. The van der Waals surface area contributed by atoms with Gasteiger partial charge in [-0.3, -0.25) is 0 Å². The molecule has 130 valence electrons. The molecule has 2 aliphatic rings. The van der Waals surface area contributed by atoms with Crippen molar-refractivity contribution in [2.24, 2.45) is 0 Å². The van der Waals surface area contributed by atoms with Crippen LogP contribution in [0.1, 0.15) is 43.5 Å². The number of hydrogen-bond donors (Lipinski definition) is 1. The summed E-state index contributed by atoms with van der Waals surface area (Å²) in [5, 5.41) is 3.44. The first kappa shape index (κ1) is 14.3. The lowest BCUT2D eigenvalue weighted by Crippen LogP contribution is -2.37. The lowest BCUT2D eigenvalue weighted by atomic mass is 9.86. The molecule has 1 aromatic carbocycles. The van der Waals surface area contributed by atoms with E-state index >= 15 is 0 Å². The van der Waals surface area contributed by atoms with Gasteiger partial charge in [-0.25, -0.2) is 9.97 Å². The number of nitrogens with one attached hydrogen (secondary N) is 1. The minimum absolute atomic E-state index is 0.376. The fraction of sp³-hybridized carbons (Fsp3) is 0.350. The van der Waals surface area contributed by atoms with E-state index in [1.807, 2.05) is 36.5 Å². The lowest BCUT2D eigenvalue weighted by Gasteiger charge is -2.37. The van der Waals surface area contributed by atoms with Crippen LogP contribution in [0.5, 0.6) is 0 Å². The molecular formula is C20H19N5O. The zero-order valence-electron chi connectivity index (χ0n) is 14.3. The van der Waals surface area contributed by atoms with Gasteiger partial charge in [-0.1, -0.05) is 12.1 Å². The van der Waals surface area contributed by atoms with Crippen molar-refractivity contribution in [1.29, 1.82) is 0 Å². The first-order chi connectivity index (χ1) is 12.8. The molecule has 0 amide bonds. The van der Waals surface area contributed by atoms with Crippen molar-refractivity contribution >= 4 is 28.3 Å². The molecule has 4 aromatic rings. The second-order valence-electron chi connectivity index (χ2n) is 7.41. The predicted molar refractivity (Wildman–Crippen MR) is 99.2 cm³/mol. The Morgan fingerprint density at radius 2 is 1.85 bits per heavy atom. The van der Waals surface area contributed by atoms with Crippen LogP contribution in [0.25, 0.3) is 22.3 Å². The minimum atomic E-state index is 0.376. The molecule has 6 nitrogen and oxygen atoms in total. The highest BCUT2D eigenvalue weighted by Crippen LogP contribution is 2.45. The molecule has 26 heavy (non-hydrogen) atoms. The topological polar surface area (TPSA) is 68.8 Å². The second kappa shape index (κ2) is 5.30. The van der Waals surface area contributed by atoms with Gasteiger partial charge in [0.1, 0.15) is 16.9 Å². The molecular weight excluding hydrogens is 326 g/mol. The molecule has 2 aliphatic carbocycles.